The van der Waals surface area contributed by atoms with Crippen molar-refractivity contribution in [3.05, 3.63) is 60.7 Å². The van der Waals surface area contributed by atoms with Crippen molar-refractivity contribution in [2.45, 2.75) is 104 Å². The Hall–Kier alpha value is -1.25. The van der Waals surface area contributed by atoms with Gasteiger partial charge in [-0.15, -0.1) is 0 Å². The number of benzene rings is 2. The molecule has 3 atom stereocenters. The van der Waals surface area contributed by atoms with E-state index in [1.54, 1.807) is 0 Å². The lowest BCUT2D eigenvalue weighted by atomic mass is 9.97. The first kappa shape index (κ1) is 30.0. The van der Waals surface area contributed by atoms with Crippen molar-refractivity contribution in [1.29, 1.82) is 0 Å². The van der Waals surface area contributed by atoms with E-state index in [1.807, 2.05) is 0 Å². The smallest absolute Gasteiger partial charge is 0.261 e. The van der Waals surface area contributed by atoms with Gasteiger partial charge in [-0.05, 0) is 59.2 Å². The summed E-state index contributed by atoms with van der Waals surface area (Å²) < 4.78 is 14.4. The second-order valence-electron chi connectivity index (χ2n) is 11.2. The minimum atomic E-state index is -2.61. The van der Waals surface area contributed by atoms with Gasteiger partial charge in [0.2, 0.25) is 0 Å². The molecule has 0 amide bonds. The molecule has 2 rings (SSSR count). The Bertz CT molecular complexity index is 799. The monoisotopic (exact) mass is 514 g/mol. The summed E-state index contributed by atoms with van der Waals surface area (Å²) in [7, 11) is -4.40. The molecule has 0 unspecified atom stereocenters. The highest BCUT2D eigenvalue weighted by Gasteiger charge is 2.51. The van der Waals surface area contributed by atoms with Crippen molar-refractivity contribution < 1.29 is 14.0 Å². The molecular formula is C30H50O3Si2. The van der Waals surface area contributed by atoms with E-state index in [0.29, 0.717) is 5.92 Å². The summed E-state index contributed by atoms with van der Waals surface area (Å²) >= 11 is 0. The number of hydrogen-bond acceptors (Lipinski definition) is 3. The Morgan fingerprint density at radius 1 is 0.771 bits per heavy atom. The van der Waals surface area contributed by atoms with Crippen LogP contribution in [-0.2, 0) is 8.85 Å². The van der Waals surface area contributed by atoms with Crippen LogP contribution in [0.4, 0.5) is 0 Å². The maximum atomic E-state index is 9.71. The van der Waals surface area contributed by atoms with Crippen molar-refractivity contribution in [3.8, 4) is 0 Å². The standard InChI is InChI=1S/C30H50O3Si2/c1-9-34(10-2,11-3)33-29(25(4)22-23-31)24-26(5)32-35(30(6,7)8,27-18-14-12-15-19-27)28-20-16-13-17-21-28/h12-21,25-26,29,31H,9-11,22-24H2,1-8H3/t25-,26+,29-/m0/s1. The highest BCUT2D eigenvalue weighted by Crippen LogP contribution is 2.38. The second kappa shape index (κ2) is 13.3. The summed E-state index contributed by atoms with van der Waals surface area (Å²) in [4.78, 5) is 0. The lowest BCUT2D eigenvalue weighted by Crippen LogP contribution is -2.67. The number of hydrogen-bond donors (Lipinski definition) is 1. The minimum Gasteiger partial charge on any atom is -0.414 e. The van der Waals surface area contributed by atoms with Crippen LogP contribution in [0, 0.1) is 5.92 Å². The molecule has 0 heterocycles. The van der Waals surface area contributed by atoms with Gasteiger partial charge in [-0.3, -0.25) is 0 Å². The maximum Gasteiger partial charge on any atom is 0.261 e. The third-order valence-electron chi connectivity index (χ3n) is 7.91. The van der Waals surface area contributed by atoms with Crippen molar-refractivity contribution in [2.75, 3.05) is 6.61 Å². The van der Waals surface area contributed by atoms with Gasteiger partial charge in [-0.1, -0.05) is 109 Å². The van der Waals surface area contributed by atoms with E-state index < -0.39 is 16.6 Å². The number of aliphatic hydroxyl groups excluding tert-OH is 1. The molecule has 3 nitrogen and oxygen atoms in total. The largest absolute Gasteiger partial charge is 0.414 e. The zero-order chi connectivity index (χ0) is 26.1. The summed E-state index contributed by atoms with van der Waals surface area (Å²) in [6.45, 7) is 18.5. The number of aliphatic hydroxyl groups is 1. The van der Waals surface area contributed by atoms with Crippen LogP contribution >= 0.6 is 0 Å². The molecule has 2 aromatic rings. The summed E-state index contributed by atoms with van der Waals surface area (Å²) in [5.41, 5.74) is 0. The molecule has 35 heavy (non-hydrogen) atoms. The van der Waals surface area contributed by atoms with Crippen LogP contribution in [-0.4, -0.2) is 40.6 Å². The predicted octanol–water partition coefficient (Wildman–Crippen LogP) is 6.75. The van der Waals surface area contributed by atoms with Gasteiger partial charge >= 0.3 is 0 Å². The Kier molecular flexibility index (Phi) is 11.4. The van der Waals surface area contributed by atoms with Crippen molar-refractivity contribution in [3.63, 3.8) is 0 Å². The topological polar surface area (TPSA) is 38.7 Å². The van der Waals surface area contributed by atoms with E-state index in [1.165, 1.54) is 10.4 Å². The van der Waals surface area contributed by atoms with Crippen LogP contribution in [0.2, 0.25) is 23.2 Å². The lowest BCUT2D eigenvalue weighted by molar-refractivity contribution is 0.0613. The van der Waals surface area contributed by atoms with Crippen LogP contribution in [0.5, 0.6) is 0 Å². The molecule has 0 radical (unpaired) electrons. The van der Waals surface area contributed by atoms with Crippen LogP contribution in [0.1, 0.15) is 68.2 Å². The average molecular weight is 515 g/mol. The van der Waals surface area contributed by atoms with Crippen molar-refractivity contribution >= 4 is 27.0 Å². The predicted molar refractivity (Wildman–Crippen MR) is 156 cm³/mol. The third-order valence-corrected chi connectivity index (χ3v) is 17.7. The van der Waals surface area contributed by atoms with Gasteiger partial charge in [0.05, 0.1) is 6.10 Å². The molecule has 1 N–H and O–H groups in total. The van der Waals surface area contributed by atoms with E-state index in [-0.39, 0.29) is 23.9 Å². The molecule has 0 aliphatic carbocycles. The van der Waals surface area contributed by atoms with Crippen LogP contribution in [0.3, 0.4) is 0 Å². The van der Waals surface area contributed by atoms with E-state index in [9.17, 15) is 5.11 Å². The molecule has 0 aliphatic rings. The highest BCUT2D eigenvalue weighted by molar-refractivity contribution is 6.99. The Morgan fingerprint density at radius 2 is 1.23 bits per heavy atom. The van der Waals surface area contributed by atoms with E-state index in [2.05, 4.69) is 116 Å². The molecule has 0 saturated heterocycles. The highest BCUT2D eigenvalue weighted by atomic mass is 28.4. The molecule has 0 fully saturated rings. The van der Waals surface area contributed by atoms with Crippen molar-refractivity contribution in [1.82, 2.24) is 0 Å². The quantitative estimate of drug-likeness (QED) is 0.283. The van der Waals surface area contributed by atoms with Gasteiger partial charge in [0.15, 0.2) is 8.32 Å². The first-order valence-corrected chi connectivity index (χ1v) is 18.1. The molecule has 0 aromatic heterocycles. The Balaban J connectivity index is 2.48. The normalized spacial score (nSPS) is 15.6. The van der Waals surface area contributed by atoms with E-state index in [4.69, 9.17) is 8.85 Å². The van der Waals surface area contributed by atoms with Gasteiger partial charge < -0.3 is 14.0 Å². The molecule has 5 heteroatoms. The van der Waals surface area contributed by atoms with Gasteiger partial charge in [0.1, 0.15) is 0 Å². The summed E-state index contributed by atoms with van der Waals surface area (Å²) in [6.07, 6.45) is 1.74. The Morgan fingerprint density at radius 3 is 1.60 bits per heavy atom. The average Bonchev–Trinajstić information content (AvgIpc) is 2.85. The Labute approximate surface area is 217 Å². The van der Waals surface area contributed by atoms with Crippen molar-refractivity contribution in [2.24, 2.45) is 5.92 Å². The molecule has 196 valence electrons. The minimum absolute atomic E-state index is 0.0321. The van der Waals surface area contributed by atoms with E-state index in [0.717, 1.165) is 31.0 Å². The van der Waals surface area contributed by atoms with Gasteiger partial charge in [-0.2, -0.15) is 0 Å². The first-order valence-electron chi connectivity index (χ1n) is 13.7. The van der Waals surface area contributed by atoms with Gasteiger partial charge in [0, 0.05) is 12.7 Å². The molecule has 0 aliphatic heterocycles. The molecular weight excluding hydrogens is 464 g/mol. The fourth-order valence-corrected chi connectivity index (χ4v) is 13.2. The number of rotatable bonds is 14. The zero-order valence-corrected chi connectivity index (χ0v) is 25.5. The summed E-state index contributed by atoms with van der Waals surface area (Å²) in [6, 6.07) is 25.1. The van der Waals surface area contributed by atoms with Gasteiger partial charge in [-0.25, -0.2) is 0 Å². The second-order valence-corrected chi connectivity index (χ2v) is 20.2. The van der Waals surface area contributed by atoms with Crippen LogP contribution in [0.15, 0.2) is 60.7 Å². The molecule has 2 aromatic carbocycles. The molecule has 0 spiro atoms. The van der Waals surface area contributed by atoms with Gasteiger partial charge in [0.25, 0.3) is 8.32 Å². The van der Waals surface area contributed by atoms with Crippen LogP contribution < -0.4 is 10.4 Å². The first-order chi connectivity index (χ1) is 16.6. The summed E-state index contributed by atoms with van der Waals surface area (Å²) in [5, 5.41) is 12.3. The SMILES string of the molecule is CC[Si](CC)(CC)O[C@@H](C[C@@H](C)O[Si](c1ccccc1)(c1ccccc1)C(C)(C)C)[C@@H](C)CCO. The zero-order valence-electron chi connectivity index (χ0n) is 23.5. The maximum absolute atomic E-state index is 9.71. The van der Waals surface area contributed by atoms with E-state index >= 15 is 0 Å². The fraction of sp³-hybridized carbons (Fsp3) is 0.600. The lowest BCUT2D eigenvalue weighted by Gasteiger charge is -2.45. The third kappa shape index (κ3) is 7.17. The summed E-state index contributed by atoms with van der Waals surface area (Å²) in [5.74, 6) is 0.293. The molecule has 0 bridgehead atoms. The fourth-order valence-electron chi connectivity index (χ4n) is 5.48. The van der Waals surface area contributed by atoms with Crippen LogP contribution in [0.25, 0.3) is 0 Å². The molecule has 0 saturated carbocycles.